The smallest absolute Gasteiger partial charge is 0.321 e. The second-order valence-electron chi connectivity index (χ2n) is 4.35. The zero-order chi connectivity index (χ0) is 15.5. The summed E-state index contributed by atoms with van der Waals surface area (Å²) in [7, 11) is 0. The lowest BCUT2D eigenvalue weighted by atomic mass is 10.3. The second-order valence-corrected chi connectivity index (χ2v) is 4.35. The Morgan fingerprint density at radius 3 is 2.45 bits per heavy atom. The van der Waals surface area contributed by atoms with E-state index in [4.69, 9.17) is 4.74 Å². The van der Waals surface area contributed by atoms with E-state index in [9.17, 15) is 14.4 Å². The number of nitrogens with one attached hydrogen (secondary N) is 2. The zero-order valence-corrected chi connectivity index (χ0v) is 12.3. The summed E-state index contributed by atoms with van der Waals surface area (Å²) >= 11 is 0. The predicted molar refractivity (Wildman–Crippen MR) is 75.1 cm³/mol. The van der Waals surface area contributed by atoms with E-state index in [1.54, 1.807) is 11.8 Å². The number of urea groups is 1. The molecule has 7 nitrogen and oxygen atoms in total. The highest BCUT2D eigenvalue weighted by molar-refractivity contribution is 5.95. The van der Waals surface area contributed by atoms with E-state index in [0.717, 1.165) is 0 Å². The molecular weight excluding hydrogens is 262 g/mol. The van der Waals surface area contributed by atoms with Crippen molar-refractivity contribution in [2.75, 3.05) is 26.2 Å². The monoisotopic (exact) mass is 285 g/mol. The van der Waals surface area contributed by atoms with Crippen LogP contribution in [0, 0.1) is 0 Å². The maximum atomic E-state index is 11.7. The van der Waals surface area contributed by atoms with Gasteiger partial charge in [0, 0.05) is 12.6 Å². The Hall–Kier alpha value is -1.89. The van der Waals surface area contributed by atoms with Crippen molar-refractivity contribution in [1.82, 2.24) is 15.5 Å². The summed E-state index contributed by atoms with van der Waals surface area (Å²) in [6.45, 7) is 9.38. The van der Waals surface area contributed by atoms with Gasteiger partial charge in [-0.2, -0.15) is 0 Å². The molecule has 0 rings (SSSR count). The molecule has 0 saturated heterocycles. The molecule has 0 fully saturated rings. The summed E-state index contributed by atoms with van der Waals surface area (Å²) in [5.41, 5.74) is 0. The third-order valence-corrected chi connectivity index (χ3v) is 2.37. The van der Waals surface area contributed by atoms with Gasteiger partial charge >= 0.3 is 12.0 Å². The Labute approximate surface area is 119 Å². The maximum absolute atomic E-state index is 11.7. The average molecular weight is 285 g/mol. The molecule has 3 amide bonds. The first-order chi connectivity index (χ1) is 9.40. The molecule has 0 aliphatic rings. The van der Waals surface area contributed by atoms with Gasteiger partial charge in [-0.25, -0.2) is 4.79 Å². The van der Waals surface area contributed by atoms with E-state index in [0.29, 0.717) is 6.61 Å². The zero-order valence-electron chi connectivity index (χ0n) is 12.3. The predicted octanol–water partition coefficient (Wildman–Crippen LogP) is 0.272. The molecular formula is C13H23N3O4. The number of carbonyl (C=O) groups excluding carboxylic acids is 3. The highest BCUT2D eigenvalue weighted by atomic mass is 16.5. The topological polar surface area (TPSA) is 87.7 Å². The molecule has 0 bridgehead atoms. The molecule has 0 aromatic carbocycles. The van der Waals surface area contributed by atoms with E-state index >= 15 is 0 Å². The summed E-state index contributed by atoms with van der Waals surface area (Å²) in [5, 5.41) is 4.60. The lowest BCUT2D eigenvalue weighted by Gasteiger charge is -2.24. The molecule has 0 aliphatic carbocycles. The van der Waals surface area contributed by atoms with Gasteiger partial charge in [0.1, 0.15) is 0 Å². The SMILES string of the molecule is C=CCNC(=O)NC(=O)CN(CC(=O)OCC)C(C)C. The van der Waals surface area contributed by atoms with Crippen LogP contribution >= 0.6 is 0 Å². The van der Waals surface area contributed by atoms with Crippen molar-refractivity contribution in [2.45, 2.75) is 26.8 Å². The van der Waals surface area contributed by atoms with Gasteiger partial charge in [0.15, 0.2) is 0 Å². The standard InChI is InChI=1S/C13H23N3O4/c1-5-7-14-13(19)15-11(17)8-16(10(3)4)9-12(18)20-6-2/h5,10H,1,6-9H2,2-4H3,(H2,14,15,17,19). The van der Waals surface area contributed by atoms with Gasteiger partial charge in [-0.15, -0.1) is 6.58 Å². The first-order valence-electron chi connectivity index (χ1n) is 6.48. The molecule has 0 saturated carbocycles. The molecule has 0 unspecified atom stereocenters. The Kier molecular flexibility index (Phi) is 9.02. The normalized spacial score (nSPS) is 10.2. The molecule has 114 valence electrons. The lowest BCUT2D eigenvalue weighted by molar-refractivity contribution is -0.145. The van der Waals surface area contributed by atoms with Gasteiger partial charge in [-0.3, -0.25) is 19.8 Å². The quantitative estimate of drug-likeness (QED) is 0.494. The molecule has 0 heterocycles. The Morgan fingerprint density at radius 2 is 1.95 bits per heavy atom. The Balaban J connectivity index is 4.30. The minimum atomic E-state index is -0.588. The fourth-order valence-corrected chi connectivity index (χ4v) is 1.35. The molecule has 0 aromatic heterocycles. The maximum Gasteiger partial charge on any atom is 0.321 e. The summed E-state index contributed by atoms with van der Waals surface area (Å²) in [4.78, 5) is 36.0. The summed E-state index contributed by atoms with van der Waals surface area (Å²) in [6.07, 6.45) is 1.51. The van der Waals surface area contributed by atoms with Crippen molar-refractivity contribution in [3.05, 3.63) is 12.7 Å². The van der Waals surface area contributed by atoms with Gasteiger partial charge in [-0.05, 0) is 20.8 Å². The second kappa shape index (κ2) is 9.96. The number of imide groups is 1. The van der Waals surface area contributed by atoms with Crippen molar-refractivity contribution in [1.29, 1.82) is 0 Å². The van der Waals surface area contributed by atoms with Crippen molar-refractivity contribution in [2.24, 2.45) is 0 Å². The van der Waals surface area contributed by atoms with Gasteiger partial charge in [0.2, 0.25) is 5.91 Å². The average Bonchev–Trinajstić information content (AvgIpc) is 2.35. The van der Waals surface area contributed by atoms with Crippen LogP contribution in [0.4, 0.5) is 4.79 Å². The van der Waals surface area contributed by atoms with Crippen LogP contribution in [0.2, 0.25) is 0 Å². The minimum absolute atomic E-state index is 0.00715. The number of rotatable bonds is 8. The number of carbonyl (C=O) groups is 3. The molecule has 0 radical (unpaired) electrons. The summed E-state index contributed by atoms with van der Waals surface area (Å²) < 4.78 is 4.84. The summed E-state index contributed by atoms with van der Waals surface area (Å²) in [5.74, 6) is -0.880. The molecule has 0 aliphatic heterocycles. The number of nitrogens with zero attached hydrogens (tertiary/aromatic N) is 1. The summed E-state index contributed by atoms with van der Waals surface area (Å²) in [6, 6.07) is -0.615. The highest BCUT2D eigenvalue weighted by Gasteiger charge is 2.19. The number of hydrogen-bond donors (Lipinski definition) is 2. The number of esters is 1. The first-order valence-corrected chi connectivity index (χ1v) is 6.48. The van der Waals surface area contributed by atoms with Gasteiger partial charge in [-0.1, -0.05) is 6.08 Å². The third-order valence-electron chi connectivity index (χ3n) is 2.37. The van der Waals surface area contributed by atoms with Crippen molar-refractivity contribution in [3.63, 3.8) is 0 Å². The van der Waals surface area contributed by atoms with E-state index in [-0.39, 0.29) is 25.7 Å². The fourth-order valence-electron chi connectivity index (χ4n) is 1.35. The van der Waals surface area contributed by atoms with Gasteiger partial charge in [0.25, 0.3) is 0 Å². The Morgan fingerprint density at radius 1 is 1.30 bits per heavy atom. The Bertz CT molecular complexity index is 356. The highest BCUT2D eigenvalue weighted by Crippen LogP contribution is 1.98. The van der Waals surface area contributed by atoms with E-state index < -0.39 is 17.9 Å². The van der Waals surface area contributed by atoms with Crippen LogP contribution in [0.15, 0.2) is 12.7 Å². The van der Waals surface area contributed by atoms with Gasteiger partial charge in [0.05, 0.1) is 19.7 Å². The number of hydrogen-bond acceptors (Lipinski definition) is 5. The van der Waals surface area contributed by atoms with Gasteiger partial charge < -0.3 is 10.1 Å². The van der Waals surface area contributed by atoms with Crippen LogP contribution < -0.4 is 10.6 Å². The van der Waals surface area contributed by atoms with Crippen LogP contribution in [0.25, 0.3) is 0 Å². The van der Waals surface area contributed by atoms with E-state index in [1.165, 1.54) is 6.08 Å². The molecule has 7 heteroatoms. The largest absolute Gasteiger partial charge is 0.465 e. The number of amides is 3. The van der Waals surface area contributed by atoms with Crippen LogP contribution in [0.1, 0.15) is 20.8 Å². The minimum Gasteiger partial charge on any atom is -0.465 e. The molecule has 2 N–H and O–H groups in total. The van der Waals surface area contributed by atoms with Crippen LogP contribution in [-0.4, -0.2) is 55.1 Å². The van der Waals surface area contributed by atoms with E-state index in [1.807, 2.05) is 13.8 Å². The van der Waals surface area contributed by atoms with Crippen molar-refractivity contribution < 1.29 is 19.1 Å². The fraction of sp³-hybridized carbons (Fsp3) is 0.615. The molecule has 0 atom stereocenters. The number of ether oxygens (including phenoxy) is 1. The van der Waals surface area contributed by atoms with Crippen LogP contribution in [0.3, 0.4) is 0 Å². The lowest BCUT2D eigenvalue weighted by Crippen LogP contribution is -2.47. The van der Waals surface area contributed by atoms with Crippen LogP contribution in [-0.2, 0) is 14.3 Å². The van der Waals surface area contributed by atoms with Crippen molar-refractivity contribution >= 4 is 17.9 Å². The van der Waals surface area contributed by atoms with E-state index in [2.05, 4.69) is 17.2 Å². The molecule has 0 aromatic rings. The first kappa shape index (κ1) is 18.1. The van der Waals surface area contributed by atoms with Crippen LogP contribution in [0.5, 0.6) is 0 Å². The molecule has 0 spiro atoms. The third kappa shape index (κ3) is 8.25. The molecule has 20 heavy (non-hydrogen) atoms. The van der Waals surface area contributed by atoms with Crippen molar-refractivity contribution in [3.8, 4) is 0 Å².